The first-order valence-corrected chi connectivity index (χ1v) is 6.27. The lowest BCUT2D eigenvalue weighted by molar-refractivity contribution is 0.325. The van der Waals surface area contributed by atoms with Crippen molar-refractivity contribution in [3.8, 4) is 6.07 Å². The highest BCUT2D eigenvalue weighted by Crippen LogP contribution is 2.34. The first-order valence-electron chi connectivity index (χ1n) is 6.27. The number of rotatable bonds is 1. The second-order valence-corrected chi connectivity index (χ2v) is 5.63. The fourth-order valence-electron chi connectivity index (χ4n) is 2.58. The van der Waals surface area contributed by atoms with Crippen molar-refractivity contribution >= 4 is 5.69 Å². The minimum atomic E-state index is 0.154. The highest BCUT2D eigenvalue weighted by molar-refractivity contribution is 5.51. The molecule has 1 aliphatic heterocycles. The Kier molecular flexibility index (Phi) is 3.11. The molecule has 0 saturated carbocycles. The highest BCUT2D eigenvalue weighted by Gasteiger charge is 2.34. The topological polar surface area (TPSA) is 27.0 Å². The molecule has 1 saturated heterocycles. The number of hydrogen-bond donors (Lipinski definition) is 0. The van der Waals surface area contributed by atoms with Crippen LogP contribution in [-0.4, -0.2) is 12.1 Å². The quantitative estimate of drug-likeness (QED) is 0.735. The van der Waals surface area contributed by atoms with Gasteiger partial charge in [-0.25, -0.2) is 0 Å². The van der Waals surface area contributed by atoms with Crippen LogP contribution in [0, 0.1) is 24.2 Å². The number of anilines is 1. The third kappa shape index (κ3) is 2.44. The summed E-state index contributed by atoms with van der Waals surface area (Å²) in [5.74, 6) is 0.170. The Balaban J connectivity index is 2.31. The molecule has 2 nitrogen and oxygen atoms in total. The zero-order chi connectivity index (χ0) is 12.5. The summed E-state index contributed by atoms with van der Waals surface area (Å²) in [5.41, 5.74) is 2.67. The lowest BCUT2D eigenvalue weighted by atomic mass is 9.85. The van der Waals surface area contributed by atoms with Gasteiger partial charge in [-0.2, -0.15) is 5.26 Å². The van der Waals surface area contributed by atoms with Crippen molar-refractivity contribution in [1.29, 1.82) is 5.26 Å². The number of nitrogens with zero attached hydrogens (tertiary/aromatic N) is 2. The molecule has 2 rings (SSSR count). The van der Waals surface area contributed by atoms with Gasteiger partial charge in [-0.05, 0) is 51.3 Å². The van der Waals surface area contributed by atoms with Gasteiger partial charge in [0.2, 0.25) is 0 Å². The van der Waals surface area contributed by atoms with Gasteiger partial charge in [-0.15, -0.1) is 0 Å². The summed E-state index contributed by atoms with van der Waals surface area (Å²) >= 11 is 0. The summed E-state index contributed by atoms with van der Waals surface area (Å²) < 4.78 is 0. The van der Waals surface area contributed by atoms with Gasteiger partial charge in [0.25, 0.3) is 0 Å². The van der Waals surface area contributed by atoms with Crippen LogP contribution in [0.5, 0.6) is 0 Å². The molecule has 0 bridgehead atoms. The van der Waals surface area contributed by atoms with Gasteiger partial charge in [0.1, 0.15) is 0 Å². The van der Waals surface area contributed by atoms with Crippen LogP contribution in [0.15, 0.2) is 24.3 Å². The summed E-state index contributed by atoms with van der Waals surface area (Å²) in [6.45, 7) is 7.50. The smallest absolute Gasteiger partial charge is 0.0674 e. The molecular weight excluding hydrogens is 208 g/mol. The maximum atomic E-state index is 9.10. The van der Waals surface area contributed by atoms with Crippen molar-refractivity contribution in [2.24, 2.45) is 5.92 Å². The van der Waals surface area contributed by atoms with E-state index in [4.69, 9.17) is 5.26 Å². The predicted molar refractivity (Wildman–Crippen MR) is 70.9 cm³/mol. The van der Waals surface area contributed by atoms with E-state index in [0.717, 1.165) is 19.4 Å². The fourth-order valence-corrected chi connectivity index (χ4v) is 2.58. The number of benzene rings is 1. The van der Waals surface area contributed by atoms with E-state index in [1.54, 1.807) is 0 Å². The molecule has 1 aliphatic rings. The highest BCUT2D eigenvalue weighted by atomic mass is 15.2. The average molecular weight is 228 g/mol. The molecule has 1 aromatic carbocycles. The van der Waals surface area contributed by atoms with Crippen LogP contribution < -0.4 is 4.90 Å². The molecule has 1 aromatic rings. The SMILES string of the molecule is Cc1cccc(N2CC(C#N)CCC2(C)C)c1. The fraction of sp³-hybridized carbons (Fsp3) is 0.533. The Hall–Kier alpha value is -1.49. The van der Waals surface area contributed by atoms with E-state index in [1.807, 2.05) is 0 Å². The molecule has 1 heterocycles. The molecule has 0 spiro atoms. The molecule has 0 aromatic heterocycles. The summed E-state index contributed by atoms with van der Waals surface area (Å²) in [7, 11) is 0. The molecule has 0 aliphatic carbocycles. The number of piperidine rings is 1. The van der Waals surface area contributed by atoms with Crippen LogP contribution in [0.4, 0.5) is 5.69 Å². The Morgan fingerprint density at radius 1 is 1.41 bits per heavy atom. The molecule has 1 atom stereocenters. The molecular formula is C15H20N2. The Bertz CT molecular complexity index is 442. The molecule has 90 valence electrons. The normalized spacial score (nSPS) is 23.2. The summed E-state index contributed by atoms with van der Waals surface area (Å²) in [5, 5.41) is 9.10. The van der Waals surface area contributed by atoms with Crippen LogP contribution in [0.1, 0.15) is 32.3 Å². The number of hydrogen-bond acceptors (Lipinski definition) is 2. The van der Waals surface area contributed by atoms with Gasteiger partial charge in [-0.3, -0.25) is 0 Å². The van der Waals surface area contributed by atoms with Crippen LogP contribution >= 0.6 is 0 Å². The first kappa shape index (κ1) is 12.0. The zero-order valence-electron chi connectivity index (χ0n) is 10.9. The molecule has 0 radical (unpaired) electrons. The molecule has 1 unspecified atom stereocenters. The largest absolute Gasteiger partial charge is 0.365 e. The number of aryl methyl sites for hydroxylation is 1. The zero-order valence-corrected chi connectivity index (χ0v) is 10.9. The summed E-state index contributed by atoms with van der Waals surface area (Å²) in [6, 6.07) is 11.0. The number of nitriles is 1. The molecule has 17 heavy (non-hydrogen) atoms. The van der Waals surface area contributed by atoms with E-state index in [0.29, 0.717) is 0 Å². The van der Waals surface area contributed by atoms with Crippen molar-refractivity contribution in [2.45, 2.75) is 39.2 Å². The van der Waals surface area contributed by atoms with Gasteiger partial charge in [0.05, 0.1) is 12.0 Å². The third-order valence-electron chi connectivity index (χ3n) is 3.73. The van der Waals surface area contributed by atoms with E-state index >= 15 is 0 Å². The lowest BCUT2D eigenvalue weighted by Gasteiger charge is -2.45. The van der Waals surface area contributed by atoms with E-state index in [1.165, 1.54) is 11.3 Å². The van der Waals surface area contributed by atoms with Gasteiger partial charge in [0, 0.05) is 17.8 Å². The Morgan fingerprint density at radius 3 is 2.82 bits per heavy atom. The monoisotopic (exact) mass is 228 g/mol. The van der Waals surface area contributed by atoms with Crippen molar-refractivity contribution in [2.75, 3.05) is 11.4 Å². The van der Waals surface area contributed by atoms with E-state index in [9.17, 15) is 0 Å². The second kappa shape index (κ2) is 4.41. The summed E-state index contributed by atoms with van der Waals surface area (Å²) in [4.78, 5) is 2.39. The summed E-state index contributed by atoms with van der Waals surface area (Å²) in [6.07, 6.45) is 2.10. The van der Waals surface area contributed by atoms with Crippen molar-refractivity contribution < 1.29 is 0 Å². The first-order chi connectivity index (χ1) is 8.03. The Morgan fingerprint density at radius 2 is 2.18 bits per heavy atom. The van der Waals surface area contributed by atoms with E-state index in [2.05, 4.69) is 56.0 Å². The van der Waals surface area contributed by atoms with Crippen molar-refractivity contribution in [3.63, 3.8) is 0 Å². The lowest BCUT2D eigenvalue weighted by Crippen LogP contribution is -2.50. The van der Waals surface area contributed by atoms with Crippen LogP contribution in [0.2, 0.25) is 0 Å². The maximum absolute atomic E-state index is 9.10. The van der Waals surface area contributed by atoms with E-state index in [-0.39, 0.29) is 11.5 Å². The van der Waals surface area contributed by atoms with Crippen molar-refractivity contribution in [1.82, 2.24) is 0 Å². The average Bonchev–Trinajstić information content (AvgIpc) is 2.29. The minimum Gasteiger partial charge on any atom is -0.365 e. The van der Waals surface area contributed by atoms with Crippen LogP contribution in [0.25, 0.3) is 0 Å². The minimum absolute atomic E-state index is 0.154. The van der Waals surface area contributed by atoms with Gasteiger partial charge < -0.3 is 4.90 Å². The predicted octanol–water partition coefficient (Wildman–Crippen LogP) is 3.51. The third-order valence-corrected chi connectivity index (χ3v) is 3.73. The molecule has 1 fully saturated rings. The van der Waals surface area contributed by atoms with Gasteiger partial charge in [0.15, 0.2) is 0 Å². The Labute approximate surface area is 104 Å². The molecule has 2 heteroatoms. The van der Waals surface area contributed by atoms with Gasteiger partial charge >= 0.3 is 0 Å². The van der Waals surface area contributed by atoms with E-state index < -0.39 is 0 Å². The van der Waals surface area contributed by atoms with Crippen LogP contribution in [0.3, 0.4) is 0 Å². The van der Waals surface area contributed by atoms with Gasteiger partial charge in [-0.1, -0.05) is 12.1 Å². The second-order valence-electron chi connectivity index (χ2n) is 5.63. The van der Waals surface area contributed by atoms with Crippen molar-refractivity contribution in [3.05, 3.63) is 29.8 Å². The molecule has 0 N–H and O–H groups in total. The standard InChI is InChI=1S/C15H20N2/c1-12-5-4-6-14(9-12)17-11-13(10-16)7-8-15(17,2)3/h4-6,9,13H,7-8,11H2,1-3H3. The maximum Gasteiger partial charge on any atom is 0.0674 e. The van der Waals surface area contributed by atoms with Crippen LogP contribution in [-0.2, 0) is 0 Å². The molecule has 0 amide bonds.